The maximum atomic E-state index is 13.0. The normalized spacial score (nSPS) is 17.0. The third-order valence-corrected chi connectivity index (χ3v) is 3.32. The lowest BCUT2D eigenvalue weighted by Gasteiger charge is -2.19. The topological polar surface area (TPSA) is 89.5 Å². The van der Waals surface area contributed by atoms with Gasteiger partial charge in [-0.2, -0.15) is 13.2 Å². The van der Waals surface area contributed by atoms with Crippen LogP contribution in [0.15, 0.2) is 18.2 Å². The largest absolute Gasteiger partial charge is 0.772 e. The fraction of sp³-hybridized carbons (Fsp3) is 0.273. The number of halogens is 3. The summed E-state index contributed by atoms with van der Waals surface area (Å²) in [7, 11) is 0. The molecule has 0 aliphatic carbocycles. The van der Waals surface area contributed by atoms with Gasteiger partial charge in [-0.3, -0.25) is 19.2 Å². The van der Waals surface area contributed by atoms with E-state index >= 15 is 0 Å². The molecule has 114 valence electrons. The molecule has 0 aromatic heterocycles. The first-order chi connectivity index (χ1) is 9.68. The molecule has 10 heteroatoms. The number of hydrogen-bond acceptors (Lipinski definition) is 4. The van der Waals surface area contributed by atoms with Gasteiger partial charge in [0.1, 0.15) is 6.54 Å². The van der Waals surface area contributed by atoms with Crippen molar-refractivity contribution < 1.29 is 31.5 Å². The Hall–Kier alpha value is -1.94. The summed E-state index contributed by atoms with van der Waals surface area (Å²) in [6, 6.07) is 1.97. The predicted molar refractivity (Wildman–Crippen MR) is 65.0 cm³/mol. The fourth-order valence-corrected chi connectivity index (χ4v) is 2.40. The maximum Gasteiger partial charge on any atom is 0.416 e. The molecule has 21 heavy (non-hydrogen) atoms. The Balaban J connectivity index is 2.44. The second kappa shape index (κ2) is 5.45. The number of rotatable bonds is 3. The van der Waals surface area contributed by atoms with Crippen LogP contribution in [0.3, 0.4) is 0 Å². The average molecular weight is 321 g/mol. The van der Waals surface area contributed by atoms with E-state index in [1.54, 1.807) is 0 Å². The van der Waals surface area contributed by atoms with Gasteiger partial charge in [0.2, 0.25) is 5.91 Å². The quantitative estimate of drug-likeness (QED) is 0.668. The van der Waals surface area contributed by atoms with Crippen LogP contribution >= 0.6 is 0 Å². The molecule has 1 saturated heterocycles. The third kappa shape index (κ3) is 3.39. The number of urea groups is 1. The second-order valence-corrected chi connectivity index (χ2v) is 5.12. The predicted octanol–water partition coefficient (Wildman–Crippen LogP) is 1.14. The lowest BCUT2D eigenvalue weighted by Crippen LogP contribution is -2.28. The van der Waals surface area contributed by atoms with Gasteiger partial charge in [0.05, 0.1) is 5.56 Å². The second-order valence-electron chi connectivity index (χ2n) is 4.23. The van der Waals surface area contributed by atoms with E-state index in [1.807, 2.05) is 5.32 Å². The molecule has 1 fully saturated rings. The number of amides is 3. The van der Waals surface area contributed by atoms with Crippen molar-refractivity contribution in [2.75, 3.05) is 11.4 Å². The molecule has 1 aliphatic heterocycles. The van der Waals surface area contributed by atoms with E-state index in [-0.39, 0.29) is 12.2 Å². The number of nitrogens with one attached hydrogen (secondary N) is 1. The van der Waals surface area contributed by atoms with Crippen LogP contribution in [0.1, 0.15) is 11.1 Å². The zero-order valence-electron chi connectivity index (χ0n) is 10.3. The first-order valence-corrected chi connectivity index (χ1v) is 6.80. The molecular weight excluding hydrogens is 313 g/mol. The van der Waals surface area contributed by atoms with E-state index in [9.17, 15) is 31.5 Å². The van der Waals surface area contributed by atoms with E-state index < -0.39 is 46.1 Å². The zero-order valence-corrected chi connectivity index (χ0v) is 11.1. The number of benzene rings is 1. The summed E-state index contributed by atoms with van der Waals surface area (Å²) in [4.78, 5) is 23.3. The number of nitrogens with zero attached hydrogens (tertiary/aromatic N) is 1. The lowest BCUT2D eigenvalue weighted by atomic mass is 10.1. The highest BCUT2D eigenvalue weighted by Crippen LogP contribution is 2.35. The Bertz CT molecular complexity index is 632. The van der Waals surface area contributed by atoms with Gasteiger partial charge in [-0.05, 0) is 17.7 Å². The monoisotopic (exact) mass is 321 g/mol. The summed E-state index contributed by atoms with van der Waals surface area (Å²) in [5.41, 5.74) is -1.71. The minimum Gasteiger partial charge on any atom is -0.772 e. The van der Waals surface area contributed by atoms with Crippen molar-refractivity contribution in [2.24, 2.45) is 0 Å². The Labute approximate surface area is 119 Å². The standard InChI is InChI=1S/C11H9F3N2O4S/c12-11(13,14)8-3-7(2-1-6(8)5-21(19)20)16-4-9(17)15-10(16)18/h1-3H,4-5H2,(H,19,20)(H,15,17,18)/p-1. The fourth-order valence-electron chi connectivity index (χ4n) is 1.90. The minimum absolute atomic E-state index is 0.133. The zero-order chi connectivity index (χ0) is 15.8. The average Bonchev–Trinajstić information content (AvgIpc) is 2.67. The summed E-state index contributed by atoms with van der Waals surface area (Å²) < 4.78 is 60.1. The van der Waals surface area contributed by atoms with Crippen LogP contribution in [0.2, 0.25) is 0 Å². The molecule has 1 N–H and O–H groups in total. The molecule has 3 amide bonds. The summed E-state index contributed by atoms with van der Waals surface area (Å²) in [5, 5.41) is 1.94. The van der Waals surface area contributed by atoms with Crippen LogP contribution in [0, 0.1) is 0 Å². The van der Waals surface area contributed by atoms with Gasteiger partial charge in [-0.1, -0.05) is 17.1 Å². The highest BCUT2D eigenvalue weighted by atomic mass is 32.2. The first kappa shape index (κ1) is 15.4. The van der Waals surface area contributed by atoms with Gasteiger partial charge in [0.15, 0.2) is 0 Å². The number of alkyl halides is 3. The molecule has 6 nitrogen and oxygen atoms in total. The summed E-state index contributed by atoms with van der Waals surface area (Å²) in [5.74, 6) is -1.42. The Morgan fingerprint density at radius 3 is 2.48 bits per heavy atom. The van der Waals surface area contributed by atoms with Crippen molar-refractivity contribution in [1.82, 2.24) is 5.32 Å². The molecule has 0 saturated carbocycles. The van der Waals surface area contributed by atoms with Crippen molar-refractivity contribution in [1.29, 1.82) is 0 Å². The lowest BCUT2D eigenvalue weighted by molar-refractivity contribution is -0.138. The van der Waals surface area contributed by atoms with Gasteiger partial charge in [-0.25, -0.2) is 4.79 Å². The smallest absolute Gasteiger partial charge is 0.416 e. The molecule has 1 unspecified atom stereocenters. The summed E-state index contributed by atoms with van der Waals surface area (Å²) >= 11 is -2.68. The number of imide groups is 1. The van der Waals surface area contributed by atoms with E-state index in [2.05, 4.69) is 0 Å². The summed E-state index contributed by atoms with van der Waals surface area (Å²) in [6.07, 6.45) is -4.77. The molecule has 1 aromatic carbocycles. The molecule has 2 rings (SSSR count). The van der Waals surface area contributed by atoms with Crippen molar-refractivity contribution in [3.8, 4) is 0 Å². The van der Waals surface area contributed by atoms with Crippen molar-refractivity contribution in [3.63, 3.8) is 0 Å². The number of carbonyl (C=O) groups is 2. The van der Waals surface area contributed by atoms with E-state index in [4.69, 9.17) is 0 Å². The Morgan fingerprint density at radius 2 is 2.00 bits per heavy atom. The van der Waals surface area contributed by atoms with Gasteiger partial charge in [-0.15, -0.1) is 0 Å². The Morgan fingerprint density at radius 1 is 1.33 bits per heavy atom. The number of hydrogen-bond donors (Lipinski definition) is 1. The molecule has 1 atom stereocenters. The molecule has 0 spiro atoms. The van der Waals surface area contributed by atoms with Gasteiger partial charge in [0.25, 0.3) is 0 Å². The third-order valence-electron chi connectivity index (χ3n) is 2.78. The maximum absolute atomic E-state index is 13.0. The van der Waals surface area contributed by atoms with Gasteiger partial charge >= 0.3 is 12.2 Å². The van der Waals surface area contributed by atoms with Crippen LogP contribution < -0.4 is 10.2 Å². The summed E-state index contributed by atoms with van der Waals surface area (Å²) in [6.45, 7) is -0.386. The van der Waals surface area contributed by atoms with Crippen LogP contribution in [-0.2, 0) is 27.8 Å². The Kier molecular flexibility index (Phi) is 4.01. The number of carbonyl (C=O) groups excluding carboxylic acids is 2. The van der Waals surface area contributed by atoms with Crippen molar-refractivity contribution in [3.05, 3.63) is 29.3 Å². The van der Waals surface area contributed by atoms with Gasteiger partial charge in [0, 0.05) is 11.4 Å². The van der Waals surface area contributed by atoms with E-state index in [0.29, 0.717) is 6.07 Å². The molecule has 1 aromatic rings. The molecule has 0 radical (unpaired) electrons. The molecule has 0 bridgehead atoms. The van der Waals surface area contributed by atoms with Crippen molar-refractivity contribution >= 4 is 28.7 Å². The van der Waals surface area contributed by atoms with Crippen LogP contribution in [0.5, 0.6) is 0 Å². The minimum atomic E-state index is -4.77. The highest BCUT2D eigenvalue weighted by molar-refractivity contribution is 7.78. The first-order valence-electron chi connectivity index (χ1n) is 5.56. The van der Waals surface area contributed by atoms with Gasteiger partial charge < -0.3 is 4.55 Å². The molecule has 1 aliphatic rings. The van der Waals surface area contributed by atoms with Crippen LogP contribution in [0.4, 0.5) is 23.7 Å². The van der Waals surface area contributed by atoms with Crippen LogP contribution in [0.25, 0.3) is 0 Å². The van der Waals surface area contributed by atoms with E-state index in [1.165, 1.54) is 0 Å². The molecule has 1 heterocycles. The van der Waals surface area contributed by atoms with E-state index in [0.717, 1.165) is 17.0 Å². The number of anilines is 1. The SMILES string of the molecule is O=C1CN(c2ccc(CS(=O)[O-])c(C(F)(F)F)c2)C(=O)N1. The van der Waals surface area contributed by atoms with Crippen LogP contribution in [-0.4, -0.2) is 27.2 Å². The van der Waals surface area contributed by atoms with Crippen molar-refractivity contribution in [2.45, 2.75) is 11.9 Å². The highest BCUT2D eigenvalue weighted by Gasteiger charge is 2.35. The molecular formula is C11H8F3N2O4S-.